The molecule has 2 rings (SSSR count). The monoisotopic (exact) mass is 219 g/mol. The van der Waals surface area contributed by atoms with Crippen molar-refractivity contribution in [3.63, 3.8) is 0 Å². The third-order valence-corrected chi connectivity index (χ3v) is 2.83. The lowest BCUT2D eigenvalue weighted by atomic mass is 10.1. The number of ketones is 1. The normalized spacial score (nSPS) is 10.2. The van der Waals surface area contributed by atoms with Crippen LogP contribution in [0.3, 0.4) is 0 Å². The lowest BCUT2D eigenvalue weighted by molar-refractivity contribution is 0.103. The van der Waals surface area contributed by atoms with Crippen molar-refractivity contribution in [1.82, 2.24) is 4.98 Å². The SMILES string of the molecule is Cc1[nH]c(=O)ccc1C(=O)c1ccsc1. The van der Waals surface area contributed by atoms with Crippen LogP contribution in [0.5, 0.6) is 0 Å². The summed E-state index contributed by atoms with van der Waals surface area (Å²) in [6.07, 6.45) is 0. The van der Waals surface area contributed by atoms with Gasteiger partial charge in [-0.05, 0) is 24.4 Å². The Morgan fingerprint density at radius 3 is 2.73 bits per heavy atom. The van der Waals surface area contributed by atoms with Gasteiger partial charge in [0, 0.05) is 28.3 Å². The van der Waals surface area contributed by atoms with E-state index in [1.165, 1.54) is 17.4 Å². The molecule has 2 aromatic rings. The van der Waals surface area contributed by atoms with Crippen molar-refractivity contribution in [2.24, 2.45) is 0 Å². The second-order valence-corrected chi connectivity index (χ2v) is 3.98. The molecule has 0 saturated carbocycles. The van der Waals surface area contributed by atoms with Gasteiger partial charge in [0.05, 0.1) is 0 Å². The first kappa shape index (κ1) is 9.86. The van der Waals surface area contributed by atoms with E-state index in [9.17, 15) is 9.59 Å². The van der Waals surface area contributed by atoms with Crippen molar-refractivity contribution in [1.29, 1.82) is 0 Å². The van der Waals surface area contributed by atoms with Gasteiger partial charge in [0.1, 0.15) is 0 Å². The van der Waals surface area contributed by atoms with E-state index in [2.05, 4.69) is 4.98 Å². The lowest BCUT2D eigenvalue weighted by Crippen LogP contribution is -2.11. The number of hydrogen-bond donors (Lipinski definition) is 1. The minimum absolute atomic E-state index is 0.0509. The van der Waals surface area contributed by atoms with E-state index in [-0.39, 0.29) is 11.3 Å². The minimum Gasteiger partial charge on any atom is -0.326 e. The summed E-state index contributed by atoms with van der Waals surface area (Å²) < 4.78 is 0. The fourth-order valence-corrected chi connectivity index (χ4v) is 2.01. The summed E-state index contributed by atoms with van der Waals surface area (Å²) in [4.78, 5) is 25.5. The van der Waals surface area contributed by atoms with Gasteiger partial charge in [-0.25, -0.2) is 0 Å². The molecule has 4 heteroatoms. The first-order chi connectivity index (χ1) is 7.18. The Morgan fingerprint density at radius 2 is 2.13 bits per heavy atom. The van der Waals surface area contributed by atoms with Crippen molar-refractivity contribution < 1.29 is 4.79 Å². The highest BCUT2D eigenvalue weighted by Crippen LogP contribution is 2.13. The molecule has 0 aliphatic heterocycles. The first-order valence-corrected chi connectivity index (χ1v) is 5.39. The zero-order chi connectivity index (χ0) is 10.8. The molecule has 0 aromatic carbocycles. The molecule has 2 aromatic heterocycles. The quantitative estimate of drug-likeness (QED) is 0.785. The number of nitrogens with one attached hydrogen (secondary N) is 1. The highest BCUT2D eigenvalue weighted by atomic mass is 32.1. The van der Waals surface area contributed by atoms with Crippen LogP contribution >= 0.6 is 11.3 Å². The summed E-state index contributed by atoms with van der Waals surface area (Å²) in [5.74, 6) is -0.0509. The van der Waals surface area contributed by atoms with Crippen LogP contribution in [-0.2, 0) is 0 Å². The van der Waals surface area contributed by atoms with Crippen LogP contribution in [0.25, 0.3) is 0 Å². The molecule has 0 amide bonds. The Labute approximate surface area is 90.4 Å². The highest BCUT2D eigenvalue weighted by molar-refractivity contribution is 7.08. The number of H-pyrrole nitrogens is 1. The maximum absolute atomic E-state index is 11.9. The minimum atomic E-state index is -0.186. The zero-order valence-corrected chi connectivity index (χ0v) is 8.93. The molecular weight excluding hydrogens is 210 g/mol. The number of pyridine rings is 1. The van der Waals surface area contributed by atoms with Crippen LogP contribution < -0.4 is 5.56 Å². The summed E-state index contributed by atoms with van der Waals surface area (Å²) in [5.41, 5.74) is 1.64. The van der Waals surface area contributed by atoms with Crippen LogP contribution in [0.4, 0.5) is 0 Å². The molecule has 0 aliphatic carbocycles. The molecule has 3 nitrogen and oxygen atoms in total. The lowest BCUT2D eigenvalue weighted by Gasteiger charge is -2.01. The molecule has 0 atom stereocenters. The maximum atomic E-state index is 11.9. The van der Waals surface area contributed by atoms with Gasteiger partial charge in [-0.1, -0.05) is 0 Å². The molecule has 15 heavy (non-hydrogen) atoms. The third kappa shape index (κ3) is 1.89. The smallest absolute Gasteiger partial charge is 0.248 e. The summed E-state index contributed by atoms with van der Waals surface area (Å²) in [6, 6.07) is 4.71. The van der Waals surface area contributed by atoms with Gasteiger partial charge < -0.3 is 4.98 Å². The topological polar surface area (TPSA) is 49.9 Å². The van der Waals surface area contributed by atoms with Gasteiger partial charge in [-0.2, -0.15) is 11.3 Å². The standard InChI is InChI=1S/C11H9NO2S/c1-7-9(2-3-10(13)12-7)11(14)8-4-5-15-6-8/h2-6H,1H3,(H,12,13). The number of aromatic nitrogens is 1. The van der Waals surface area contributed by atoms with Crippen molar-refractivity contribution in [3.05, 3.63) is 56.1 Å². The van der Waals surface area contributed by atoms with Crippen LogP contribution in [-0.4, -0.2) is 10.8 Å². The Balaban J connectivity index is 2.47. The van der Waals surface area contributed by atoms with Crippen molar-refractivity contribution in [2.45, 2.75) is 6.92 Å². The number of carbonyl (C=O) groups is 1. The first-order valence-electron chi connectivity index (χ1n) is 4.45. The van der Waals surface area contributed by atoms with Gasteiger partial charge in [-0.15, -0.1) is 0 Å². The average molecular weight is 219 g/mol. The van der Waals surface area contributed by atoms with Crippen LogP contribution in [0.1, 0.15) is 21.6 Å². The summed E-state index contributed by atoms with van der Waals surface area (Å²) in [5, 5.41) is 3.65. The van der Waals surface area contributed by atoms with Gasteiger partial charge in [0.2, 0.25) is 5.56 Å². The van der Waals surface area contributed by atoms with E-state index in [1.54, 1.807) is 24.4 Å². The Kier molecular flexibility index (Phi) is 2.51. The van der Waals surface area contributed by atoms with Crippen molar-refractivity contribution in [3.8, 4) is 0 Å². The summed E-state index contributed by atoms with van der Waals surface area (Å²) in [6.45, 7) is 1.72. The zero-order valence-electron chi connectivity index (χ0n) is 8.11. The number of aromatic amines is 1. The fourth-order valence-electron chi connectivity index (χ4n) is 1.37. The molecule has 0 aliphatic rings. The van der Waals surface area contributed by atoms with Crippen molar-refractivity contribution >= 4 is 17.1 Å². The van der Waals surface area contributed by atoms with Crippen LogP contribution in [0.2, 0.25) is 0 Å². The number of aryl methyl sites for hydroxylation is 1. The molecule has 2 heterocycles. The second kappa shape index (κ2) is 3.82. The Morgan fingerprint density at radius 1 is 1.33 bits per heavy atom. The van der Waals surface area contributed by atoms with Gasteiger partial charge in [-0.3, -0.25) is 9.59 Å². The Bertz CT molecular complexity index is 540. The summed E-state index contributed by atoms with van der Waals surface area (Å²) >= 11 is 1.48. The fraction of sp³-hybridized carbons (Fsp3) is 0.0909. The summed E-state index contributed by atoms with van der Waals surface area (Å²) in [7, 11) is 0. The molecule has 0 saturated heterocycles. The van der Waals surface area contributed by atoms with Crippen molar-refractivity contribution in [2.75, 3.05) is 0 Å². The number of hydrogen-bond acceptors (Lipinski definition) is 3. The Hall–Kier alpha value is -1.68. The molecule has 0 spiro atoms. The second-order valence-electron chi connectivity index (χ2n) is 3.20. The van der Waals surface area contributed by atoms with E-state index in [4.69, 9.17) is 0 Å². The molecule has 0 bridgehead atoms. The maximum Gasteiger partial charge on any atom is 0.248 e. The van der Waals surface area contributed by atoms with E-state index < -0.39 is 0 Å². The van der Waals surface area contributed by atoms with E-state index in [0.717, 1.165) is 0 Å². The third-order valence-electron chi connectivity index (χ3n) is 2.14. The van der Waals surface area contributed by atoms with E-state index >= 15 is 0 Å². The number of carbonyl (C=O) groups excluding carboxylic acids is 1. The van der Waals surface area contributed by atoms with Gasteiger partial charge in [0.15, 0.2) is 5.78 Å². The van der Waals surface area contributed by atoms with Crippen LogP contribution in [0.15, 0.2) is 33.8 Å². The molecule has 0 fully saturated rings. The van der Waals surface area contributed by atoms with Gasteiger partial charge >= 0.3 is 0 Å². The average Bonchev–Trinajstić information content (AvgIpc) is 2.69. The molecule has 76 valence electrons. The predicted octanol–water partition coefficient (Wildman–Crippen LogP) is 1.98. The highest BCUT2D eigenvalue weighted by Gasteiger charge is 2.11. The van der Waals surface area contributed by atoms with Gasteiger partial charge in [0.25, 0.3) is 0 Å². The van der Waals surface area contributed by atoms with E-state index in [1.807, 2.05) is 5.38 Å². The molecule has 0 radical (unpaired) electrons. The predicted molar refractivity (Wildman–Crippen MR) is 59.6 cm³/mol. The molecule has 1 N–H and O–H groups in total. The van der Waals surface area contributed by atoms with Crippen LogP contribution in [0, 0.1) is 6.92 Å². The number of thiophene rings is 1. The molecule has 0 unspecified atom stereocenters. The number of rotatable bonds is 2. The molecular formula is C11H9NO2S. The largest absolute Gasteiger partial charge is 0.326 e. The van der Waals surface area contributed by atoms with E-state index in [0.29, 0.717) is 16.8 Å².